The third-order valence-electron chi connectivity index (χ3n) is 3.10. The van der Waals surface area contributed by atoms with Gasteiger partial charge in [-0.1, -0.05) is 31.4 Å². The minimum absolute atomic E-state index is 0.217. The van der Waals surface area contributed by atoms with Crippen molar-refractivity contribution in [3.63, 3.8) is 0 Å². The largest absolute Gasteiger partial charge is 0.324 e. The van der Waals surface area contributed by atoms with E-state index < -0.39 is 0 Å². The Bertz CT molecular complexity index is 593. The van der Waals surface area contributed by atoms with Crippen LogP contribution in [0, 0.1) is 0 Å². The molecule has 0 atom stereocenters. The van der Waals surface area contributed by atoms with Crippen LogP contribution in [0.25, 0.3) is 11.1 Å². The fraction of sp³-hybridized carbons (Fsp3) is 0.333. The Morgan fingerprint density at radius 1 is 1.26 bits per heavy atom. The Labute approximate surface area is 117 Å². The molecular formula is C15H17ClN2O. The molecule has 4 heteroatoms. The Morgan fingerprint density at radius 3 is 2.68 bits per heavy atom. The molecule has 2 aromatic rings. The average Bonchev–Trinajstić information content (AvgIpc) is 2.43. The van der Waals surface area contributed by atoms with Crippen LogP contribution in [-0.2, 0) is 6.42 Å². The lowest BCUT2D eigenvalue weighted by Gasteiger charge is -2.10. The van der Waals surface area contributed by atoms with E-state index >= 15 is 0 Å². The second-order valence-corrected chi connectivity index (χ2v) is 4.94. The molecule has 0 fully saturated rings. The molecule has 0 aliphatic rings. The molecule has 2 heterocycles. The highest BCUT2D eigenvalue weighted by molar-refractivity contribution is 6.30. The van der Waals surface area contributed by atoms with Crippen molar-refractivity contribution in [1.82, 2.24) is 9.97 Å². The maximum atomic E-state index is 11.7. The molecule has 0 amide bonds. The molecule has 0 aromatic carbocycles. The Kier molecular flexibility index (Phi) is 4.74. The van der Waals surface area contributed by atoms with Crippen molar-refractivity contribution in [2.45, 2.75) is 32.6 Å². The fourth-order valence-corrected chi connectivity index (χ4v) is 2.24. The highest BCUT2D eigenvalue weighted by Gasteiger charge is 2.09. The van der Waals surface area contributed by atoms with E-state index in [2.05, 4.69) is 16.9 Å². The van der Waals surface area contributed by atoms with Gasteiger partial charge in [-0.25, -0.2) is 0 Å². The van der Waals surface area contributed by atoms with Crippen molar-refractivity contribution in [2.75, 3.05) is 0 Å². The normalized spacial score (nSPS) is 10.6. The van der Waals surface area contributed by atoms with Gasteiger partial charge in [-0.2, -0.15) is 0 Å². The molecule has 3 nitrogen and oxygen atoms in total. The smallest absolute Gasteiger partial charge is 0.266 e. The standard InChI is InChI=1S/C15H17ClN2O/c1-2-3-4-5-14-12(10-13(16)15(19)18-14)11-6-8-17-9-7-11/h6-10H,2-5H2,1H3,(H,18,19). The number of H-pyrrole nitrogens is 1. The molecule has 0 saturated heterocycles. The van der Waals surface area contributed by atoms with Crippen LogP contribution in [0.1, 0.15) is 31.9 Å². The second-order valence-electron chi connectivity index (χ2n) is 4.53. The quantitative estimate of drug-likeness (QED) is 0.844. The maximum absolute atomic E-state index is 11.7. The van der Waals surface area contributed by atoms with Crippen molar-refractivity contribution in [2.24, 2.45) is 0 Å². The van der Waals surface area contributed by atoms with E-state index in [-0.39, 0.29) is 10.6 Å². The van der Waals surface area contributed by atoms with Gasteiger partial charge in [0.1, 0.15) is 5.02 Å². The van der Waals surface area contributed by atoms with Crippen molar-refractivity contribution in [3.8, 4) is 11.1 Å². The van der Waals surface area contributed by atoms with Crippen LogP contribution in [0.15, 0.2) is 35.4 Å². The van der Waals surface area contributed by atoms with Gasteiger partial charge in [0.15, 0.2) is 0 Å². The van der Waals surface area contributed by atoms with E-state index in [9.17, 15) is 4.79 Å². The number of aromatic nitrogens is 2. The molecule has 100 valence electrons. The highest BCUT2D eigenvalue weighted by Crippen LogP contribution is 2.24. The third-order valence-corrected chi connectivity index (χ3v) is 3.38. The lowest BCUT2D eigenvalue weighted by atomic mass is 10.0. The first kappa shape index (κ1) is 13.8. The maximum Gasteiger partial charge on any atom is 0.266 e. The molecule has 0 bridgehead atoms. The monoisotopic (exact) mass is 276 g/mol. The first-order chi connectivity index (χ1) is 9.22. The number of nitrogens with one attached hydrogen (secondary N) is 1. The summed E-state index contributed by atoms with van der Waals surface area (Å²) in [6.07, 6.45) is 7.71. The second kappa shape index (κ2) is 6.53. The van der Waals surface area contributed by atoms with Crippen molar-refractivity contribution < 1.29 is 0 Å². The van der Waals surface area contributed by atoms with Crippen LogP contribution in [0.3, 0.4) is 0 Å². The van der Waals surface area contributed by atoms with Crippen molar-refractivity contribution >= 4 is 11.6 Å². The zero-order chi connectivity index (χ0) is 13.7. The van der Waals surface area contributed by atoms with E-state index in [1.807, 2.05) is 12.1 Å². The van der Waals surface area contributed by atoms with Gasteiger partial charge in [-0.15, -0.1) is 0 Å². The Morgan fingerprint density at radius 2 is 2.00 bits per heavy atom. The van der Waals surface area contributed by atoms with E-state index in [0.29, 0.717) is 0 Å². The summed E-state index contributed by atoms with van der Waals surface area (Å²) in [5, 5.41) is 0.228. The summed E-state index contributed by atoms with van der Waals surface area (Å²) in [5.41, 5.74) is 2.75. The minimum Gasteiger partial charge on any atom is -0.324 e. The summed E-state index contributed by atoms with van der Waals surface area (Å²) in [4.78, 5) is 18.6. The lowest BCUT2D eigenvalue weighted by molar-refractivity contribution is 0.707. The van der Waals surface area contributed by atoms with Gasteiger partial charge in [0, 0.05) is 23.7 Å². The molecule has 0 radical (unpaired) electrons. The van der Waals surface area contributed by atoms with E-state index in [1.54, 1.807) is 18.5 Å². The molecule has 19 heavy (non-hydrogen) atoms. The van der Waals surface area contributed by atoms with Crippen LogP contribution < -0.4 is 5.56 Å². The van der Waals surface area contributed by atoms with Crippen LogP contribution in [0.4, 0.5) is 0 Å². The fourth-order valence-electron chi connectivity index (χ4n) is 2.08. The molecule has 0 spiro atoms. The Balaban J connectivity index is 2.40. The van der Waals surface area contributed by atoms with Gasteiger partial charge in [0.2, 0.25) is 0 Å². The molecule has 0 aliphatic carbocycles. The number of hydrogen-bond acceptors (Lipinski definition) is 2. The number of unbranched alkanes of at least 4 members (excludes halogenated alkanes) is 2. The van der Waals surface area contributed by atoms with Gasteiger partial charge < -0.3 is 4.98 Å². The van der Waals surface area contributed by atoms with Crippen molar-refractivity contribution in [1.29, 1.82) is 0 Å². The highest BCUT2D eigenvalue weighted by atomic mass is 35.5. The first-order valence-electron chi connectivity index (χ1n) is 6.54. The molecule has 1 N–H and O–H groups in total. The predicted molar refractivity (Wildman–Crippen MR) is 78.5 cm³/mol. The van der Waals surface area contributed by atoms with Gasteiger partial charge in [0.25, 0.3) is 5.56 Å². The summed E-state index contributed by atoms with van der Waals surface area (Å²) < 4.78 is 0. The summed E-state index contributed by atoms with van der Waals surface area (Å²) in [7, 11) is 0. The number of rotatable bonds is 5. The third kappa shape index (κ3) is 3.44. The van der Waals surface area contributed by atoms with E-state index in [1.165, 1.54) is 0 Å². The molecule has 2 rings (SSSR count). The number of nitrogens with zero attached hydrogens (tertiary/aromatic N) is 1. The first-order valence-corrected chi connectivity index (χ1v) is 6.92. The summed E-state index contributed by atoms with van der Waals surface area (Å²) in [6, 6.07) is 5.59. The van der Waals surface area contributed by atoms with Crippen LogP contribution in [0.2, 0.25) is 5.02 Å². The number of hydrogen-bond donors (Lipinski definition) is 1. The zero-order valence-corrected chi connectivity index (χ0v) is 11.7. The van der Waals surface area contributed by atoms with Crippen molar-refractivity contribution in [3.05, 3.63) is 51.7 Å². The SMILES string of the molecule is CCCCCc1[nH]c(=O)c(Cl)cc1-c1ccncc1. The van der Waals surface area contributed by atoms with Gasteiger partial charge >= 0.3 is 0 Å². The number of aryl methyl sites for hydroxylation is 1. The average molecular weight is 277 g/mol. The molecule has 0 aliphatic heterocycles. The van der Waals surface area contributed by atoms with E-state index in [4.69, 9.17) is 11.6 Å². The molecule has 0 unspecified atom stereocenters. The summed E-state index contributed by atoms with van der Waals surface area (Å²) in [6.45, 7) is 2.16. The van der Waals surface area contributed by atoms with Gasteiger partial charge in [0.05, 0.1) is 0 Å². The molecule has 2 aromatic heterocycles. The van der Waals surface area contributed by atoms with E-state index in [0.717, 1.165) is 42.5 Å². The van der Waals surface area contributed by atoms with Crippen LogP contribution >= 0.6 is 11.6 Å². The van der Waals surface area contributed by atoms with Gasteiger partial charge in [-0.05, 0) is 36.6 Å². The molecule has 0 saturated carbocycles. The topological polar surface area (TPSA) is 45.8 Å². The lowest BCUT2D eigenvalue weighted by Crippen LogP contribution is -2.11. The minimum atomic E-state index is -0.217. The van der Waals surface area contributed by atoms with Crippen LogP contribution in [0.5, 0.6) is 0 Å². The zero-order valence-electron chi connectivity index (χ0n) is 10.9. The van der Waals surface area contributed by atoms with Gasteiger partial charge in [-0.3, -0.25) is 9.78 Å². The Hall–Kier alpha value is -1.61. The predicted octanol–water partition coefficient (Wildman–Crippen LogP) is 3.82. The number of pyridine rings is 2. The summed E-state index contributed by atoms with van der Waals surface area (Å²) >= 11 is 5.94. The number of aromatic amines is 1. The number of halogens is 1. The van der Waals surface area contributed by atoms with Crippen LogP contribution in [-0.4, -0.2) is 9.97 Å². The molecular weight excluding hydrogens is 260 g/mol. The summed E-state index contributed by atoms with van der Waals surface area (Å²) in [5.74, 6) is 0.